The summed E-state index contributed by atoms with van der Waals surface area (Å²) < 4.78 is 5.55. The number of amides is 1. The summed E-state index contributed by atoms with van der Waals surface area (Å²) in [6.07, 6.45) is 2.07. The minimum atomic E-state index is -1.07. The van der Waals surface area contributed by atoms with Crippen molar-refractivity contribution in [1.29, 1.82) is 0 Å². The van der Waals surface area contributed by atoms with Crippen molar-refractivity contribution in [3.8, 4) is 0 Å². The van der Waals surface area contributed by atoms with Gasteiger partial charge in [-0.15, -0.1) is 11.3 Å². The first kappa shape index (κ1) is 16.6. The Balaban J connectivity index is 1.66. The van der Waals surface area contributed by atoms with Gasteiger partial charge in [0, 0.05) is 18.4 Å². The zero-order valence-corrected chi connectivity index (χ0v) is 13.8. The Kier molecular flexibility index (Phi) is 5.22. The summed E-state index contributed by atoms with van der Waals surface area (Å²) in [6, 6.07) is 8.21. The summed E-state index contributed by atoms with van der Waals surface area (Å²) in [5.41, 5.74) is 1.09. The van der Waals surface area contributed by atoms with Crippen LogP contribution in [0.15, 0.2) is 35.7 Å². The molecular weight excluding hydrogens is 328 g/mol. The van der Waals surface area contributed by atoms with Crippen molar-refractivity contribution < 1.29 is 19.4 Å². The standard InChI is InChI=1S/C17H18N2O4S/c20-15(13-10-24-16(19-13)14-7-4-8-23-14)18-12(17(21)22)9-11-5-2-1-3-6-11/h1-3,5-6,10,12,14H,4,7-9H2,(H,18,20)(H,21,22)/t12-,14?/m0/s1. The Morgan fingerprint density at radius 2 is 2.17 bits per heavy atom. The van der Waals surface area contributed by atoms with Gasteiger partial charge < -0.3 is 15.2 Å². The number of hydrogen-bond donors (Lipinski definition) is 2. The second-order valence-corrected chi connectivity index (χ2v) is 6.52. The van der Waals surface area contributed by atoms with Gasteiger partial charge in [-0.05, 0) is 18.4 Å². The van der Waals surface area contributed by atoms with E-state index in [-0.39, 0.29) is 18.2 Å². The highest BCUT2D eigenvalue weighted by Crippen LogP contribution is 2.30. The van der Waals surface area contributed by atoms with Crippen LogP contribution in [0.4, 0.5) is 0 Å². The topological polar surface area (TPSA) is 88.5 Å². The van der Waals surface area contributed by atoms with Gasteiger partial charge in [-0.3, -0.25) is 4.79 Å². The Morgan fingerprint density at radius 3 is 2.83 bits per heavy atom. The zero-order chi connectivity index (χ0) is 16.9. The van der Waals surface area contributed by atoms with Gasteiger partial charge in [0.15, 0.2) is 0 Å². The molecule has 1 aromatic carbocycles. The van der Waals surface area contributed by atoms with Crippen LogP contribution in [-0.4, -0.2) is 34.6 Å². The first-order chi connectivity index (χ1) is 11.6. The number of carboxylic acid groups (broad SMARTS) is 1. The van der Waals surface area contributed by atoms with Crippen LogP contribution in [0, 0.1) is 0 Å². The number of aromatic nitrogens is 1. The first-order valence-corrected chi connectivity index (χ1v) is 8.66. The maximum atomic E-state index is 12.3. The number of aliphatic carboxylic acids is 1. The molecule has 2 N–H and O–H groups in total. The number of benzene rings is 1. The van der Waals surface area contributed by atoms with Crippen molar-refractivity contribution in [3.05, 3.63) is 52.0 Å². The van der Waals surface area contributed by atoms with E-state index in [9.17, 15) is 14.7 Å². The number of ether oxygens (including phenoxy) is 1. The molecule has 0 bridgehead atoms. The number of thiazole rings is 1. The number of hydrogen-bond acceptors (Lipinski definition) is 5. The molecule has 7 heteroatoms. The van der Waals surface area contributed by atoms with E-state index in [1.165, 1.54) is 11.3 Å². The van der Waals surface area contributed by atoms with Crippen LogP contribution in [0.5, 0.6) is 0 Å². The highest BCUT2D eigenvalue weighted by atomic mass is 32.1. The molecule has 2 heterocycles. The summed E-state index contributed by atoms with van der Waals surface area (Å²) >= 11 is 1.37. The van der Waals surface area contributed by atoms with Crippen LogP contribution >= 0.6 is 11.3 Å². The fourth-order valence-corrected chi connectivity index (χ4v) is 3.48. The lowest BCUT2D eigenvalue weighted by Gasteiger charge is -2.13. The Morgan fingerprint density at radius 1 is 1.38 bits per heavy atom. The number of rotatable bonds is 6. The van der Waals surface area contributed by atoms with Gasteiger partial charge >= 0.3 is 5.97 Å². The number of carbonyl (C=O) groups is 2. The maximum Gasteiger partial charge on any atom is 0.326 e. The predicted octanol–water partition coefficient (Wildman–Crippen LogP) is 2.42. The van der Waals surface area contributed by atoms with Gasteiger partial charge in [0.05, 0.1) is 0 Å². The summed E-state index contributed by atoms with van der Waals surface area (Å²) in [5.74, 6) is -1.54. The van der Waals surface area contributed by atoms with E-state index in [0.29, 0.717) is 6.61 Å². The lowest BCUT2D eigenvalue weighted by molar-refractivity contribution is -0.139. The highest BCUT2D eigenvalue weighted by Gasteiger charge is 2.25. The third-order valence-electron chi connectivity index (χ3n) is 3.85. The molecule has 3 rings (SSSR count). The Hall–Kier alpha value is -2.25. The van der Waals surface area contributed by atoms with Gasteiger partial charge in [0.2, 0.25) is 0 Å². The normalized spacial score (nSPS) is 18.2. The predicted molar refractivity (Wildman–Crippen MR) is 89.1 cm³/mol. The zero-order valence-electron chi connectivity index (χ0n) is 13.0. The summed E-state index contributed by atoms with van der Waals surface area (Å²) in [6.45, 7) is 0.712. The average molecular weight is 346 g/mol. The van der Waals surface area contributed by atoms with Crippen molar-refractivity contribution in [3.63, 3.8) is 0 Å². The average Bonchev–Trinajstić information content (AvgIpc) is 3.26. The largest absolute Gasteiger partial charge is 0.480 e. The minimum absolute atomic E-state index is 0.0452. The molecule has 0 aliphatic carbocycles. The molecule has 0 saturated carbocycles. The Bertz CT molecular complexity index is 710. The molecule has 1 fully saturated rings. The third kappa shape index (κ3) is 3.98. The molecule has 2 aromatic rings. The van der Waals surface area contributed by atoms with Crippen LogP contribution in [-0.2, 0) is 16.0 Å². The van der Waals surface area contributed by atoms with Crippen LogP contribution in [0.3, 0.4) is 0 Å². The van der Waals surface area contributed by atoms with Crippen molar-refractivity contribution >= 4 is 23.2 Å². The summed E-state index contributed by atoms with van der Waals surface area (Å²) in [5, 5.41) is 14.3. The second kappa shape index (κ2) is 7.55. The van der Waals surface area contributed by atoms with Crippen molar-refractivity contribution in [2.24, 2.45) is 0 Å². The van der Waals surface area contributed by atoms with E-state index in [4.69, 9.17) is 4.74 Å². The monoisotopic (exact) mass is 346 g/mol. The van der Waals surface area contributed by atoms with E-state index in [2.05, 4.69) is 10.3 Å². The van der Waals surface area contributed by atoms with Gasteiger partial charge in [0.25, 0.3) is 5.91 Å². The number of nitrogens with zero attached hydrogens (tertiary/aromatic N) is 1. The smallest absolute Gasteiger partial charge is 0.326 e. The quantitative estimate of drug-likeness (QED) is 0.838. The Labute approximate surface area is 143 Å². The van der Waals surface area contributed by atoms with E-state index in [1.807, 2.05) is 30.3 Å². The molecule has 1 aromatic heterocycles. The molecule has 1 unspecified atom stereocenters. The molecule has 2 atom stereocenters. The number of nitrogens with one attached hydrogen (secondary N) is 1. The molecule has 1 saturated heterocycles. The molecule has 6 nitrogen and oxygen atoms in total. The van der Waals surface area contributed by atoms with Crippen molar-refractivity contribution in [1.82, 2.24) is 10.3 Å². The van der Waals surface area contributed by atoms with Gasteiger partial charge in [-0.2, -0.15) is 0 Å². The molecule has 24 heavy (non-hydrogen) atoms. The number of carbonyl (C=O) groups excluding carboxylic acids is 1. The van der Waals surface area contributed by atoms with E-state index in [0.717, 1.165) is 23.4 Å². The highest BCUT2D eigenvalue weighted by molar-refractivity contribution is 7.09. The maximum absolute atomic E-state index is 12.3. The van der Waals surface area contributed by atoms with Gasteiger partial charge in [0.1, 0.15) is 22.8 Å². The van der Waals surface area contributed by atoms with E-state index < -0.39 is 17.9 Å². The fourth-order valence-electron chi connectivity index (χ4n) is 2.59. The minimum Gasteiger partial charge on any atom is -0.480 e. The SMILES string of the molecule is O=C(N[C@@H](Cc1ccccc1)C(=O)O)c1csc(C2CCCO2)n1. The van der Waals surface area contributed by atoms with Crippen LogP contribution < -0.4 is 5.32 Å². The third-order valence-corrected chi connectivity index (χ3v) is 4.78. The van der Waals surface area contributed by atoms with Crippen LogP contribution in [0.25, 0.3) is 0 Å². The fraction of sp³-hybridized carbons (Fsp3) is 0.353. The first-order valence-electron chi connectivity index (χ1n) is 7.78. The molecule has 0 radical (unpaired) electrons. The summed E-state index contributed by atoms with van der Waals surface area (Å²) in [7, 11) is 0. The molecule has 1 aliphatic heterocycles. The molecular formula is C17H18N2O4S. The lowest BCUT2D eigenvalue weighted by atomic mass is 10.1. The lowest BCUT2D eigenvalue weighted by Crippen LogP contribution is -2.42. The van der Waals surface area contributed by atoms with Gasteiger partial charge in [-0.25, -0.2) is 9.78 Å². The van der Waals surface area contributed by atoms with Crippen molar-refractivity contribution in [2.45, 2.75) is 31.4 Å². The van der Waals surface area contributed by atoms with Crippen LogP contribution in [0.2, 0.25) is 0 Å². The van der Waals surface area contributed by atoms with E-state index >= 15 is 0 Å². The van der Waals surface area contributed by atoms with Crippen molar-refractivity contribution in [2.75, 3.05) is 6.61 Å². The van der Waals surface area contributed by atoms with Gasteiger partial charge in [-0.1, -0.05) is 30.3 Å². The second-order valence-electron chi connectivity index (χ2n) is 5.63. The van der Waals surface area contributed by atoms with E-state index in [1.54, 1.807) is 5.38 Å². The summed E-state index contributed by atoms with van der Waals surface area (Å²) in [4.78, 5) is 28.0. The number of carboxylic acids is 1. The molecule has 126 valence electrons. The van der Waals surface area contributed by atoms with Crippen LogP contribution in [0.1, 0.15) is 40.0 Å². The molecule has 1 amide bonds. The molecule has 0 spiro atoms. The molecule has 1 aliphatic rings.